The van der Waals surface area contributed by atoms with Crippen LogP contribution in [0.3, 0.4) is 0 Å². The van der Waals surface area contributed by atoms with E-state index in [0.29, 0.717) is 5.56 Å². The summed E-state index contributed by atoms with van der Waals surface area (Å²) in [4.78, 5) is 0. The largest absolute Gasteiger partial charge is 0.419 e. The summed E-state index contributed by atoms with van der Waals surface area (Å²) in [5, 5.41) is 0. The maximum absolute atomic E-state index is 13.5. The monoisotopic (exact) mass is 311 g/mol. The zero-order valence-corrected chi connectivity index (χ0v) is 11.7. The SMILES string of the molecule is Cl.N[C@@H](c1ccc(C(F)(F)F)c(F)c1)C1CCCCC1. The van der Waals surface area contributed by atoms with Gasteiger partial charge < -0.3 is 5.73 Å². The Morgan fingerprint density at radius 3 is 2.20 bits per heavy atom. The molecule has 1 atom stereocenters. The van der Waals surface area contributed by atoms with Crippen LogP contribution in [-0.2, 0) is 6.18 Å². The maximum Gasteiger partial charge on any atom is 0.419 e. The molecule has 0 aliphatic heterocycles. The summed E-state index contributed by atoms with van der Waals surface area (Å²) in [6, 6.07) is 2.64. The third-order valence-corrected chi connectivity index (χ3v) is 3.84. The van der Waals surface area contributed by atoms with E-state index in [9.17, 15) is 17.6 Å². The van der Waals surface area contributed by atoms with E-state index >= 15 is 0 Å². The van der Waals surface area contributed by atoms with Crippen LogP contribution < -0.4 is 5.73 Å². The molecule has 2 rings (SSSR count). The highest BCUT2D eigenvalue weighted by Crippen LogP contribution is 2.36. The molecule has 0 spiro atoms. The molecule has 1 nitrogen and oxygen atoms in total. The molecule has 0 amide bonds. The normalized spacial score (nSPS) is 18.4. The lowest BCUT2D eigenvalue weighted by molar-refractivity contribution is -0.140. The fourth-order valence-corrected chi connectivity index (χ4v) is 2.73. The minimum absolute atomic E-state index is 0. The van der Waals surface area contributed by atoms with Gasteiger partial charge in [-0.3, -0.25) is 0 Å². The maximum atomic E-state index is 13.5. The van der Waals surface area contributed by atoms with Crippen LogP contribution in [-0.4, -0.2) is 0 Å². The van der Waals surface area contributed by atoms with E-state index in [4.69, 9.17) is 5.73 Å². The van der Waals surface area contributed by atoms with E-state index in [0.717, 1.165) is 37.8 Å². The van der Waals surface area contributed by atoms with Gasteiger partial charge in [0.25, 0.3) is 0 Å². The number of hydrogen-bond acceptors (Lipinski definition) is 1. The Bertz CT molecular complexity index is 441. The molecule has 1 saturated carbocycles. The lowest BCUT2D eigenvalue weighted by Gasteiger charge is -2.28. The molecule has 0 radical (unpaired) electrons. The van der Waals surface area contributed by atoms with Crippen molar-refractivity contribution in [2.45, 2.75) is 44.3 Å². The summed E-state index contributed by atoms with van der Waals surface area (Å²) in [7, 11) is 0. The second kappa shape index (κ2) is 6.76. The number of halogens is 5. The number of benzene rings is 1. The van der Waals surface area contributed by atoms with Crippen molar-refractivity contribution in [2.75, 3.05) is 0 Å². The first-order chi connectivity index (χ1) is 8.89. The van der Waals surface area contributed by atoms with Gasteiger partial charge in [-0.15, -0.1) is 12.4 Å². The highest BCUT2D eigenvalue weighted by atomic mass is 35.5. The zero-order chi connectivity index (χ0) is 14.0. The van der Waals surface area contributed by atoms with Crippen LogP contribution in [0.1, 0.15) is 49.3 Å². The molecule has 114 valence electrons. The Hall–Kier alpha value is -0.810. The average molecular weight is 312 g/mol. The molecule has 1 aliphatic carbocycles. The van der Waals surface area contributed by atoms with Crippen LogP contribution in [0.2, 0.25) is 0 Å². The molecule has 1 aliphatic rings. The van der Waals surface area contributed by atoms with Crippen LogP contribution in [0.5, 0.6) is 0 Å². The number of alkyl halides is 3. The van der Waals surface area contributed by atoms with E-state index < -0.39 is 17.6 Å². The van der Waals surface area contributed by atoms with Gasteiger partial charge in [0.05, 0.1) is 5.56 Å². The highest BCUT2D eigenvalue weighted by molar-refractivity contribution is 5.85. The molecule has 6 heteroatoms. The first-order valence-electron chi connectivity index (χ1n) is 6.52. The lowest BCUT2D eigenvalue weighted by Crippen LogP contribution is -2.24. The highest BCUT2D eigenvalue weighted by Gasteiger charge is 2.34. The van der Waals surface area contributed by atoms with Crippen molar-refractivity contribution >= 4 is 12.4 Å². The van der Waals surface area contributed by atoms with Crippen molar-refractivity contribution in [3.63, 3.8) is 0 Å². The Morgan fingerprint density at radius 2 is 1.70 bits per heavy atom. The third kappa shape index (κ3) is 3.85. The molecule has 0 saturated heterocycles. The van der Waals surface area contributed by atoms with Crippen LogP contribution in [0.4, 0.5) is 17.6 Å². The molecular formula is C14H18ClF4N. The van der Waals surface area contributed by atoms with Crippen molar-refractivity contribution in [1.82, 2.24) is 0 Å². The minimum atomic E-state index is -4.66. The van der Waals surface area contributed by atoms with Gasteiger partial charge in [0, 0.05) is 6.04 Å². The Labute approximate surface area is 122 Å². The fourth-order valence-electron chi connectivity index (χ4n) is 2.73. The molecule has 0 aromatic heterocycles. The molecule has 2 N–H and O–H groups in total. The number of rotatable bonds is 2. The van der Waals surface area contributed by atoms with Crippen molar-refractivity contribution < 1.29 is 17.6 Å². The van der Waals surface area contributed by atoms with Gasteiger partial charge in [-0.2, -0.15) is 13.2 Å². The minimum Gasteiger partial charge on any atom is -0.324 e. The first-order valence-corrected chi connectivity index (χ1v) is 6.52. The van der Waals surface area contributed by atoms with E-state index in [-0.39, 0.29) is 24.4 Å². The van der Waals surface area contributed by atoms with Crippen molar-refractivity contribution in [3.8, 4) is 0 Å². The lowest BCUT2D eigenvalue weighted by atomic mass is 9.81. The van der Waals surface area contributed by atoms with E-state index in [1.54, 1.807) is 0 Å². The summed E-state index contributed by atoms with van der Waals surface area (Å²) < 4.78 is 50.9. The smallest absolute Gasteiger partial charge is 0.324 e. The zero-order valence-electron chi connectivity index (χ0n) is 10.9. The molecule has 20 heavy (non-hydrogen) atoms. The summed E-state index contributed by atoms with van der Waals surface area (Å²) in [5.41, 5.74) is 5.28. The van der Waals surface area contributed by atoms with Crippen molar-refractivity contribution in [2.24, 2.45) is 11.7 Å². The summed E-state index contributed by atoms with van der Waals surface area (Å²) in [6.45, 7) is 0. The molecule has 0 unspecified atom stereocenters. The average Bonchev–Trinajstić information content (AvgIpc) is 2.37. The van der Waals surface area contributed by atoms with Gasteiger partial charge in [-0.05, 0) is 36.5 Å². The van der Waals surface area contributed by atoms with Crippen LogP contribution in [0.15, 0.2) is 18.2 Å². The number of hydrogen-bond donors (Lipinski definition) is 1. The molecule has 0 heterocycles. The topological polar surface area (TPSA) is 26.0 Å². The molecule has 0 bridgehead atoms. The Balaban J connectivity index is 0.00000200. The van der Waals surface area contributed by atoms with Gasteiger partial charge in [0.1, 0.15) is 5.82 Å². The van der Waals surface area contributed by atoms with Gasteiger partial charge in [-0.1, -0.05) is 25.3 Å². The summed E-state index contributed by atoms with van der Waals surface area (Å²) in [6.07, 6.45) is 0.610. The van der Waals surface area contributed by atoms with Gasteiger partial charge in [0.15, 0.2) is 0 Å². The van der Waals surface area contributed by atoms with Crippen molar-refractivity contribution in [1.29, 1.82) is 0 Å². The number of nitrogens with two attached hydrogens (primary N) is 1. The van der Waals surface area contributed by atoms with Crippen molar-refractivity contribution in [3.05, 3.63) is 35.1 Å². The molecule has 1 aromatic carbocycles. The first kappa shape index (κ1) is 17.2. The van der Waals surface area contributed by atoms with E-state index in [1.165, 1.54) is 12.5 Å². The standard InChI is InChI=1S/C14H17F4N.ClH/c15-12-8-10(6-7-11(12)14(16,17)18)13(19)9-4-2-1-3-5-9;/h6-9,13H,1-5,19H2;1H/t13-;/m1./s1. The Morgan fingerprint density at radius 1 is 1.10 bits per heavy atom. The predicted molar refractivity (Wildman–Crippen MR) is 72.2 cm³/mol. The molecule has 1 aromatic rings. The Kier molecular flexibility index (Phi) is 5.83. The second-order valence-corrected chi connectivity index (χ2v) is 5.16. The fraction of sp³-hybridized carbons (Fsp3) is 0.571. The predicted octanol–water partition coefficient (Wildman–Crippen LogP) is 4.85. The van der Waals surface area contributed by atoms with E-state index in [1.807, 2.05) is 0 Å². The van der Waals surface area contributed by atoms with Gasteiger partial charge in [-0.25, -0.2) is 4.39 Å². The van der Waals surface area contributed by atoms with Crippen LogP contribution in [0, 0.1) is 11.7 Å². The molecular weight excluding hydrogens is 294 g/mol. The van der Waals surface area contributed by atoms with Crippen LogP contribution >= 0.6 is 12.4 Å². The quantitative estimate of drug-likeness (QED) is 0.777. The van der Waals surface area contributed by atoms with Gasteiger partial charge in [0.2, 0.25) is 0 Å². The van der Waals surface area contributed by atoms with Gasteiger partial charge >= 0.3 is 6.18 Å². The third-order valence-electron chi connectivity index (χ3n) is 3.84. The summed E-state index contributed by atoms with van der Waals surface area (Å²) in [5.74, 6) is -0.999. The second-order valence-electron chi connectivity index (χ2n) is 5.16. The summed E-state index contributed by atoms with van der Waals surface area (Å²) >= 11 is 0. The van der Waals surface area contributed by atoms with E-state index in [2.05, 4.69) is 0 Å². The molecule has 1 fully saturated rings. The van der Waals surface area contributed by atoms with Crippen LogP contribution in [0.25, 0.3) is 0 Å².